The summed E-state index contributed by atoms with van der Waals surface area (Å²) in [6, 6.07) is 6.92. The molecule has 6 rings (SSSR count). The van der Waals surface area contributed by atoms with Crippen molar-refractivity contribution in [1.29, 1.82) is 0 Å². The zero-order chi connectivity index (χ0) is 25.4. The lowest BCUT2D eigenvalue weighted by Crippen LogP contribution is -2.55. The average molecular weight is 510 g/mol. The van der Waals surface area contributed by atoms with E-state index in [0.717, 1.165) is 44.3 Å². The predicted molar refractivity (Wildman–Crippen MR) is 150 cm³/mol. The van der Waals surface area contributed by atoms with Gasteiger partial charge >= 0.3 is 0 Å². The summed E-state index contributed by atoms with van der Waals surface area (Å²) in [7, 11) is 0. The van der Waals surface area contributed by atoms with Gasteiger partial charge in [0.15, 0.2) is 0 Å². The van der Waals surface area contributed by atoms with Crippen LogP contribution in [0.15, 0.2) is 18.2 Å². The van der Waals surface area contributed by atoms with Gasteiger partial charge in [-0.1, -0.05) is 57.9 Å². The van der Waals surface area contributed by atoms with Gasteiger partial charge in [-0.25, -0.2) is 4.39 Å². The van der Waals surface area contributed by atoms with Crippen molar-refractivity contribution in [1.82, 2.24) is 5.32 Å². The van der Waals surface area contributed by atoms with E-state index in [2.05, 4.69) is 40.7 Å². The van der Waals surface area contributed by atoms with Gasteiger partial charge in [0.25, 0.3) is 0 Å². The van der Waals surface area contributed by atoms with Crippen LogP contribution in [-0.2, 0) is 11.2 Å². The Labute approximate surface area is 223 Å². The Morgan fingerprint density at radius 2 is 1.70 bits per heavy atom. The highest BCUT2D eigenvalue weighted by Crippen LogP contribution is 2.56. The number of benzene rings is 1. The van der Waals surface area contributed by atoms with Crippen molar-refractivity contribution in [3.05, 3.63) is 23.8 Å². The Hall–Kier alpha value is -1.62. The number of rotatable bonds is 4. The molecule has 5 heteroatoms. The molecule has 1 saturated heterocycles. The minimum atomic E-state index is -0.792. The van der Waals surface area contributed by atoms with Crippen LogP contribution in [-0.4, -0.2) is 36.7 Å². The van der Waals surface area contributed by atoms with E-state index < -0.39 is 6.17 Å². The van der Waals surface area contributed by atoms with Crippen LogP contribution in [0.5, 0.6) is 0 Å². The van der Waals surface area contributed by atoms with Gasteiger partial charge in [-0.05, 0) is 87.3 Å². The van der Waals surface area contributed by atoms with Crippen molar-refractivity contribution in [2.24, 2.45) is 17.3 Å². The summed E-state index contributed by atoms with van der Waals surface area (Å²) in [5.41, 5.74) is 3.25. The summed E-state index contributed by atoms with van der Waals surface area (Å²) in [5.74, 6) is 0.875. The minimum Gasteiger partial charge on any atom is -0.368 e. The summed E-state index contributed by atoms with van der Waals surface area (Å²) >= 11 is 0. The molecule has 37 heavy (non-hydrogen) atoms. The molecule has 204 valence electrons. The first-order chi connectivity index (χ1) is 18.1. The summed E-state index contributed by atoms with van der Waals surface area (Å²) in [6.07, 6.45) is 17.5. The number of fused-ring (bicyclic) bond motifs is 2. The molecule has 1 aromatic rings. The van der Waals surface area contributed by atoms with E-state index >= 15 is 4.39 Å². The fourth-order valence-corrected chi connectivity index (χ4v) is 9.20. The van der Waals surface area contributed by atoms with Gasteiger partial charge in [-0.2, -0.15) is 0 Å². The number of anilines is 2. The molecule has 3 saturated carbocycles. The molecule has 0 spiro atoms. The second-order valence-electron chi connectivity index (χ2n) is 13.1. The molecule has 1 amide bonds. The number of halogens is 1. The zero-order valence-corrected chi connectivity index (χ0v) is 23.0. The van der Waals surface area contributed by atoms with E-state index in [1.165, 1.54) is 69.0 Å². The second-order valence-corrected chi connectivity index (χ2v) is 13.1. The molecule has 5 unspecified atom stereocenters. The number of nitrogens with one attached hydrogen (secondary N) is 2. The van der Waals surface area contributed by atoms with Crippen LogP contribution in [0, 0.1) is 17.3 Å². The van der Waals surface area contributed by atoms with E-state index in [-0.39, 0.29) is 23.4 Å². The Kier molecular flexibility index (Phi) is 7.53. The van der Waals surface area contributed by atoms with Crippen LogP contribution in [0.25, 0.3) is 0 Å². The fraction of sp³-hybridized carbons (Fsp3) is 0.781. The monoisotopic (exact) mass is 509 g/mol. The average Bonchev–Trinajstić information content (AvgIpc) is 3.17. The second kappa shape index (κ2) is 10.9. The Bertz CT molecular complexity index is 953. The number of hydrogen-bond donors (Lipinski definition) is 2. The molecule has 5 atom stereocenters. The highest BCUT2D eigenvalue weighted by molar-refractivity contribution is 5.96. The van der Waals surface area contributed by atoms with Gasteiger partial charge in [0, 0.05) is 35.4 Å². The van der Waals surface area contributed by atoms with Crippen molar-refractivity contribution in [3.63, 3.8) is 0 Å². The SMILES string of the molecule is CC1CCC(F)C2(C3CCCCC3)CC(C(=O)Nc3cccc4c3CCCN4C3CCCCCC3)NC12. The van der Waals surface area contributed by atoms with Crippen LogP contribution in [0.3, 0.4) is 0 Å². The topological polar surface area (TPSA) is 44.4 Å². The third-order valence-electron chi connectivity index (χ3n) is 11.0. The summed E-state index contributed by atoms with van der Waals surface area (Å²) in [4.78, 5) is 16.4. The molecule has 4 nitrogen and oxygen atoms in total. The highest BCUT2D eigenvalue weighted by atomic mass is 19.1. The molecule has 3 aliphatic carbocycles. The van der Waals surface area contributed by atoms with Crippen molar-refractivity contribution in [2.45, 2.75) is 134 Å². The summed E-state index contributed by atoms with van der Waals surface area (Å²) in [6.45, 7) is 3.40. The first-order valence-corrected chi connectivity index (χ1v) is 15.7. The fourth-order valence-electron chi connectivity index (χ4n) is 9.20. The van der Waals surface area contributed by atoms with E-state index in [1.54, 1.807) is 0 Å². The summed E-state index contributed by atoms with van der Waals surface area (Å²) < 4.78 is 15.9. The van der Waals surface area contributed by atoms with Gasteiger partial charge in [-0.3, -0.25) is 4.79 Å². The number of carbonyl (C=O) groups excluding carboxylic acids is 1. The largest absolute Gasteiger partial charge is 0.368 e. The minimum absolute atomic E-state index is 0.0453. The number of amides is 1. The lowest BCUT2D eigenvalue weighted by molar-refractivity contribution is -0.118. The highest BCUT2D eigenvalue weighted by Gasteiger charge is 2.60. The van der Waals surface area contributed by atoms with E-state index in [9.17, 15) is 4.79 Å². The van der Waals surface area contributed by atoms with Crippen LogP contribution in [0.4, 0.5) is 15.8 Å². The predicted octanol–water partition coefficient (Wildman–Crippen LogP) is 7.17. The lowest BCUT2D eigenvalue weighted by atomic mass is 9.56. The van der Waals surface area contributed by atoms with Crippen LogP contribution in [0.1, 0.15) is 109 Å². The number of hydrogen-bond acceptors (Lipinski definition) is 3. The maximum absolute atomic E-state index is 15.9. The van der Waals surface area contributed by atoms with Crippen molar-refractivity contribution in [3.8, 4) is 0 Å². The number of nitrogens with zero attached hydrogens (tertiary/aromatic N) is 1. The molecule has 4 fully saturated rings. The van der Waals surface area contributed by atoms with E-state index in [0.29, 0.717) is 30.7 Å². The Balaban J connectivity index is 1.22. The van der Waals surface area contributed by atoms with Gasteiger partial charge in [-0.15, -0.1) is 0 Å². The lowest BCUT2D eigenvalue weighted by Gasteiger charge is -2.51. The maximum atomic E-state index is 15.9. The van der Waals surface area contributed by atoms with Gasteiger partial charge in [0.2, 0.25) is 5.91 Å². The summed E-state index contributed by atoms with van der Waals surface area (Å²) in [5, 5.41) is 7.07. The zero-order valence-electron chi connectivity index (χ0n) is 23.0. The molecule has 1 aromatic carbocycles. The standard InChI is InChI=1S/C32H48FN3O/c1-22-18-19-29(33)32(23-11-5-4-6-12-23)21-27(34-30(22)32)31(37)35-26-16-9-17-28-25(26)15-10-20-36(28)24-13-7-2-3-8-14-24/h9,16-17,22-24,27,29-30,34H,2-8,10-15,18-21H2,1H3,(H,35,37). The number of alkyl halides is 1. The maximum Gasteiger partial charge on any atom is 0.241 e. The molecule has 0 bridgehead atoms. The van der Waals surface area contributed by atoms with Crippen molar-refractivity contribution in [2.75, 3.05) is 16.8 Å². The molecular weight excluding hydrogens is 461 g/mol. The molecular formula is C32H48FN3O. The Morgan fingerprint density at radius 1 is 0.973 bits per heavy atom. The van der Waals surface area contributed by atoms with Crippen molar-refractivity contribution < 1.29 is 9.18 Å². The van der Waals surface area contributed by atoms with Gasteiger partial charge in [0.05, 0.1) is 6.04 Å². The molecule has 2 aliphatic heterocycles. The van der Waals surface area contributed by atoms with E-state index in [4.69, 9.17) is 0 Å². The van der Waals surface area contributed by atoms with Crippen molar-refractivity contribution >= 4 is 17.3 Å². The quantitative estimate of drug-likeness (QED) is 0.423. The third-order valence-corrected chi connectivity index (χ3v) is 11.0. The first kappa shape index (κ1) is 25.6. The van der Waals surface area contributed by atoms with Crippen LogP contribution < -0.4 is 15.5 Å². The Morgan fingerprint density at radius 3 is 2.49 bits per heavy atom. The van der Waals surface area contributed by atoms with Gasteiger partial charge in [0.1, 0.15) is 6.17 Å². The molecule has 5 aliphatic rings. The molecule has 0 aromatic heterocycles. The first-order valence-electron chi connectivity index (χ1n) is 15.7. The number of carbonyl (C=O) groups is 1. The smallest absolute Gasteiger partial charge is 0.241 e. The van der Waals surface area contributed by atoms with Crippen LogP contribution >= 0.6 is 0 Å². The molecule has 2 N–H and O–H groups in total. The molecule has 0 radical (unpaired) electrons. The normalized spacial score (nSPS) is 35.5. The van der Waals surface area contributed by atoms with Gasteiger partial charge < -0.3 is 15.5 Å². The van der Waals surface area contributed by atoms with Crippen LogP contribution in [0.2, 0.25) is 0 Å². The van der Waals surface area contributed by atoms with E-state index in [1.807, 2.05) is 0 Å². The third kappa shape index (κ3) is 4.72. The molecule has 2 heterocycles.